The third-order valence-electron chi connectivity index (χ3n) is 3.51. The molecule has 1 N–H and O–H groups in total. The van der Waals surface area contributed by atoms with E-state index in [0.29, 0.717) is 19.3 Å². The third kappa shape index (κ3) is 12.4. The maximum atomic E-state index is 12.2. The molecule has 0 radical (unpaired) electrons. The second kappa shape index (κ2) is 16.2. The minimum atomic E-state index is -2.26. The summed E-state index contributed by atoms with van der Waals surface area (Å²) < 4.78 is 14.9. The van der Waals surface area contributed by atoms with E-state index in [0.717, 1.165) is 19.3 Å². The zero-order chi connectivity index (χ0) is 19.1. The normalized spacial score (nSPS) is 10.6. The summed E-state index contributed by atoms with van der Waals surface area (Å²) in [5, 5.41) is 10.6. The fraction of sp³-hybridized carbons (Fsp3) is 0.833. The number of esters is 3. The average Bonchev–Trinajstić information content (AvgIpc) is 2.55. The van der Waals surface area contributed by atoms with Crippen LogP contribution in [0.2, 0.25) is 0 Å². The van der Waals surface area contributed by atoms with Crippen molar-refractivity contribution in [3.05, 3.63) is 0 Å². The van der Waals surface area contributed by atoms with E-state index in [-0.39, 0.29) is 39.6 Å². The molecule has 0 aromatic rings. The number of unbranched alkanes of at least 4 members (excludes halogenated alkanes) is 3. The number of aliphatic hydroxyl groups is 1. The molecule has 8 heteroatoms. The predicted octanol–water partition coefficient (Wildman–Crippen LogP) is 1.34. The second-order valence-electron chi connectivity index (χ2n) is 6.02. The topological polar surface area (TPSA) is 99.1 Å². The Hall–Kier alpha value is -0.994. The molecule has 0 fully saturated rings. The zero-order valence-electron chi connectivity index (χ0n) is 15.7. The van der Waals surface area contributed by atoms with Gasteiger partial charge in [0.2, 0.25) is 0 Å². The zero-order valence-corrected chi connectivity index (χ0v) is 15.7. The average molecular weight is 433 g/mol. The Morgan fingerprint density at radius 1 is 0.731 bits per heavy atom. The van der Waals surface area contributed by atoms with Crippen LogP contribution in [0.15, 0.2) is 0 Å². The van der Waals surface area contributed by atoms with Crippen LogP contribution in [0, 0.1) is 0 Å². The first kappa shape index (κ1) is 27.2. The number of ether oxygens (including phenoxy) is 3. The molecule has 0 aliphatic carbocycles. The van der Waals surface area contributed by atoms with Gasteiger partial charge in [0.1, 0.15) is 0 Å². The van der Waals surface area contributed by atoms with Crippen LogP contribution in [0.4, 0.5) is 0 Å². The Morgan fingerprint density at radius 2 is 1.08 bits per heavy atom. The van der Waals surface area contributed by atoms with Gasteiger partial charge >= 0.3 is 37.7 Å². The van der Waals surface area contributed by atoms with E-state index in [9.17, 15) is 19.5 Å². The van der Waals surface area contributed by atoms with E-state index in [1.165, 1.54) is 0 Å². The number of carbonyl (C=O) groups excluding carboxylic acids is 3. The molecule has 0 aliphatic heterocycles. The molecule has 0 spiro atoms. The van der Waals surface area contributed by atoms with Gasteiger partial charge in [0.05, 0.1) is 32.7 Å². The Morgan fingerprint density at radius 3 is 1.42 bits per heavy atom. The van der Waals surface area contributed by atoms with E-state index < -0.39 is 36.4 Å². The van der Waals surface area contributed by atoms with Gasteiger partial charge in [-0.1, -0.05) is 40.0 Å². The van der Waals surface area contributed by atoms with Crippen molar-refractivity contribution in [2.24, 2.45) is 0 Å². The van der Waals surface area contributed by atoms with Gasteiger partial charge in [0.15, 0.2) is 5.60 Å². The van der Waals surface area contributed by atoms with Gasteiger partial charge in [0.25, 0.3) is 0 Å². The number of hydrogen-bond acceptors (Lipinski definition) is 7. The molecule has 0 saturated heterocycles. The van der Waals surface area contributed by atoms with Crippen LogP contribution in [0.1, 0.15) is 72.1 Å². The van der Waals surface area contributed by atoms with Crippen molar-refractivity contribution >= 4 is 37.7 Å². The fourth-order valence-electron chi connectivity index (χ4n) is 1.89. The van der Waals surface area contributed by atoms with Gasteiger partial charge < -0.3 is 19.3 Å². The number of hydrogen-bond donors (Lipinski definition) is 1. The van der Waals surface area contributed by atoms with Crippen molar-refractivity contribution in [2.75, 3.05) is 19.8 Å². The summed E-state index contributed by atoms with van der Waals surface area (Å²) in [5.74, 6) is -2.49. The molecule has 7 nitrogen and oxygen atoms in total. The van der Waals surface area contributed by atoms with E-state index in [1.54, 1.807) is 0 Å². The van der Waals surface area contributed by atoms with Gasteiger partial charge in [-0.2, -0.15) is 0 Å². The third-order valence-corrected chi connectivity index (χ3v) is 3.51. The van der Waals surface area contributed by atoms with Gasteiger partial charge in [-0.3, -0.25) is 9.59 Å². The molecule has 0 bridgehead atoms. The Kier molecular flexibility index (Phi) is 17.0. The van der Waals surface area contributed by atoms with E-state index in [4.69, 9.17) is 14.2 Å². The van der Waals surface area contributed by atoms with Crippen LogP contribution in [0.5, 0.6) is 0 Å². The van der Waals surface area contributed by atoms with Crippen LogP contribution in [0.3, 0.4) is 0 Å². The van der Waals surface area contributed by atoms with Crippen LogP contribution in [0.25, 0.3) is 0 Å². The molecule has 0 saturated carbocycles. The van der Waals surface area contributed by atoms with Crippen LogP contribution in [-0.2, 0) is 28.6 Å². The van der Waals surface area contributed by atoms with E-state index in [2.05, 4.69) is 0 Å². The summed E-state index contributed by atoms with van der Waals surface area (Å²) in [6.45, 7) is 6.35. The molecule has 0 unspecified atom stereocenters. The molecule has 0 aliphatic rings. The Labute approximate surface area is 169 Å². The molecule has 0 rings (SSSR count). The monoisotopic (exact) mass is 432 g/mol. The second-order valence-corrected chi connectivity index (χ2v) is 6.02. The molecule has 0 aromatic carbocycles. The predicted molar refractivity (Wildman–Crippen MR) is 102 cm³/mol. The van der Waals surface area contributed by atoms with Gasteiger partial charge in [-0.05, 0) is 19.3 Å². The summed E-state index contributed by atoms with van der Waals surface area (Å²) in [6, 6.07) is 0. The Bertz CT molecular complexity index is 388. The van der Waals surface area contributed by atoms with Crippen molar-refractivity contribution in [1.82, 2.24) is 0 Å². The first-order chi connectivity index (χ1) is 11.9. The summed E-state index contributed by atoms with van der Waals surface area (Å²) in [4.78, 5) is 35.9. The van der Waals surface area contributed by atoms with Crippen LogP contribution < -0.4 is 0 Å². The SMILES string of the molecule is CCCCOC(=O)CC(O)(CC(=O)OCCCC)C(=O)OCCCC.[GaH3]. The molecule has 0 heterocycles. The first-order valence-corrected chi connectivity index (χ1v) is 9.10. The molecule has 0 aromatic heterocycles. The molecule has 152 valence electrons. The van der Waals surface area contributed by atoms with E-state index >= 15 is 0 Å². The van der Waals surface area contributed by atoms with E-state index in [1.807, 2.05) is 20.8 Å². The number of carbonyl (C=O) groups is 3. The maximum absolute atomic E-state index is 12.2. The summed E-state index contributed by atoms with van der Waals surface area (Å²) in [5.41, 5.74) is -2.26. The molecule has 0 amide bonds. The standard InChI is InChI=1S/C18H32O7.Ga.3H/c1-4-7-10-23-15(19)13-18(22,17(21)25-12-9-6-3)14-16(20)24-11-8-5-2;;;;/h22H,4-14H2,1-3H3;;;;. The van der Waals surface area contributed by atoms with Gasteiger partial charge in [0, 0.05) is 0 Å². The minimum absolute atomic E-state index is 0. The van der Waals surface area contributed by atoms with Gasteiger partial charge in [-0.25, -0.2) is 4.79 Å². The van der Waals surface area contributed by atoms with Crippen molar-refractivity contribution < 1.29 is 33.7 Å². The molecule has 26 heavy (non-hydrogen) atoms. The summed E-state index contributed by atoms with van der Waals surface area (Å²) in [7, 11) is 0. The molecular formula is C18H35GaO7. The number of rotatable bonds is 14. The van der Waals surface area contributed by atoms with Crippen LogP contribution in [-0.4, -0.2) is 68.2 Å². The van der Waals surface area contributed by atoms with Crippen molar-refractivity contribution in [2.45, 2.75) is 77.7 Å². The van der Waals surface area contributed by atoms with Crippen molar-refractivity contribution in [3.8, 4) is 0 Å². The fourth-order valence-corrected chi connectivity index (χ4v) is 1.89. The molecule has 0 atom stereocenters. The van der Waals surface area contributed by atoms with Crippen molar-refractivity contribution in [1.29, 1.82) is 0 Å². The quantitative estimate of drug-likeness (QED) is 0.191. The van der Waals surface area contributed by atoms with Crippen molar-refractivity contribution in [3.63, 3.8) is 0 Å². The first-order valence-electron chi connectivity index (χ1n) is 9.10. The summed E-state index contributed by atoms with van der Waals surface area (Å²) in [6.07, 6.45) is 3.23. The Balaban J connectivity index is 0. The summed E-state index contributed by atoms with van der Waals surface area (Å²) >= 11 is 0. The van der Waals surface area contributed by atoms with Crippen LogP contribution >= 0.6 is 0 Å². The van der Waals surface area contributed by atoms with Gasteiger partial charge in [-0.15, -0.1) is 0 Å². The molecular weight excluding hydrogens is 398 g/mol.